The molecule has 1 N–H and O–H groups in total. The molecule has 14 heteroatoms. The zero-order valence-corrected chi connectivity index (χ0v) is 20.8. The summed E-state index contributed by atoms with van der Waals surface area (Å²) in [7, 11) is -8.93. The van der Waals surface area contributed by atoms with E-state index in [1.807, 2.05) is 4.72 Å². The topological polar surface area (TPSA) is 120 Å². The molecule has 188 valence electrons. The predicted octanol–water partition coefficient (Wildman–Crippen LogP) is 5.14. The second-order valence-electron chi connectivity index (χ2n) is 7.25. The second kappa shape index (κ2) is 9.26. The normalized spacial score (nSPS) is 12.4. The molecule has 0 atom stereocenters. The first-order chi connectivity index (χ1) is 16.8. The maximum Gasteiger partial charge on any atom is 0.416 e. The first kappa shape index (κ1) is 25.7. The van der Waals surface area contributed by atoms with Crippen molar-refractivity contribution >= 4 is 52.7 Å². The molecule has 0 aliphatic rings. The number of hydrogen-bond acceptors (Lipinski definition) is 7. The summed E-state index contributed by atoms with van der Waals surface area (Å²) in [5.74, 6) is -0.336. The van der Waals surface area contributed by atoms with Crippen molar-refractivity contribution in [2.24, 2.45) is 0 Å². The van der Waals surface area contributed by atoms with E-state index >= 15 is 0 Å². The number of rotatable bonds is 6. The molecule has 0 bridgehead atoms. The van der Waals surface area contributed by atoms with Crippen molar-refractivity contribution in [3.8, 4) is 5.75 Å². The van der Waals surface area contributed by atoms with Gasteiger partial charge in [0.1, 0.15) is 10.6 Å². The highest BCUT2D eigenvalue weighted by atomic mass is 79.9. The third kappa shape index (κ3) is 5.39. The van der Waals surface area contributed by atoms with Gasteiger partial charge in [-0.1, -0.05) is 40.2 Å². The van der Waals surface area contributed by atoms with Crippen LogP contribution in [-0.2, 0) is 26.3 Å². The standard InChI is InChI=1S/C22H13BrF3NO7S2/c23-15-6-3-8-17(12-15)36(31,32)34-19-9-1-4-13-10-18(21(28)33-20(13)19)27-35(29,30)16-7-2-5-14(11-16)22(24,25)26/h1-12,27H. The van der Waals surface area contributed by atoms with E-state index in [1.54, 1.807) is 6.07 Å². The van der Waals surface area contributed by atoms with Crippen LogP contribution >= 0.6 is 15.9 Å². The summed E-state index contributed by atoms with van der Waals surface area (Å²) in [5, 5.41) is 0.0817. The lowest BCUT2D eigenvalue weighted by molar-refractivity contribution is -0.137. The SMILES string of the molecule is O=c1oc2c(OS(=O)(=O)c3cccc(Br)c3)cccc2cc1NS(=O)(=O)c1cccc(C(F)(F)F)c1. The fraction of sp³-hybridized carbons (Fsp3) is 0.0455. The number of hydrogen-bond donors (Lipinski definition) is 1. The van der Waals surface area contributed by atoms with E-state index < -0.39 is 48.1 Å². The fourth-order valence-corrected chi connectivity index (χ4v) is 5.71. The molecule has 1 aromatic heterocycles. The van der Waals surface area contributed by atoms with E-state index in [2.05, 4.69) is 15.9 Å². The number of fused-ring (bicyclic) bond motifs is 1. The Morgan fingerprint density at radius 1 is 0.861 bits per heavy atom. The Balaban J connectivity index is 1.70. The van der Waals surface area contributed by atoms with Crippen molar-refractivity contribution in [3.63, 3.8) is 0 Å². The summed E-state index contributed by atoms with van der Waals surface area (Å²) < 4.78 is 102. The molecule has 0 fully saturated rings. The second-order valence-corrected chi connectivity index (χ2v) is 11.4. The van der Waals surface area contributed by atoms with Gasteiger partial charge in [0.15, 0.2) is 11.3 Å². The van der Waals surface area contributed by atoms with Crippen LogP contribution in [0.25, 0.3) is 11.0 Å². The Bertz CT molecular complexity index is 1750. The van der Waals surface area contributed by atoms with Crippen LogP contribution in [-0.4, -0.2) is 16.8 Å². The van der Waals surface area contributed by atoms with Crippen molar-refractivity contribution in [1.29, 1.82) is 0 Å². The number of para-hydroxylation sites is 1. The van der Waals surface area contributed by atoms with Gasteiger partial charge in [-0.2, -0.15) is 21.6 Å². The molecule has 0 aliphatic heterocycles. The van der Waals surface area contributed by atoms with Gasteiger partial charge in [-0.3, -0.25) is 4.72 Å². The summed E-state index contributed by atoms with van der Waals surface area (Å²) in [6, 6.07) is 13.7. The van der Waals surface area contributed by atoms with Crippen LogP contribution in [0.5, 0.6) is 5.75 Å². The van der Waals surface area contributed by atoms with Crippen LogP contribution in [0, 0.1) is 0 Å². The molecule has 0 aliphatic carbocycles. The third-order valence-electron chi connectivity index (χ3n) is 4.72. The van der Waals surface area contributed by atoms with Crippen molar-refractivity contribution < 1.29 is 38.6 Å². The highest BCUT2D eigenvalue weighted by Gasteiger charge is 2.32. The number of sulfonamides is 1. The number of alkyl halides is 3. The zero-order valence-electron chi connectivity index (χ0n) is 17.6. The monoisotopic (exact) mass is 603 g/mol. The molecule has 4 rings (SSSR count). The number of nitrogens with one attached hydrogen (secondary N) is 1. The Morgan fingerprint density at radius 3 is 2.22 bits per heavy atom. The molecule has 8 nitrogen and oxygen atoms in total. The van der Waals surface area contributed by atoms with Gasteiger partial charge in [0, 0.05) is 9.86 Å². The van der Waals surface area contributed by atoms with E-state index in [0.29, 0.717) is 16.6 Å². The van der Waals surface area contributed by atoms with Gasteiger partial charge in [0.05, 0.1) is 10.5 Å². The molecule has 0 amide bonds. The molecule has 0 spiro atoms. The minimum atomic E-state index is -4.78. The third-order valence-corrected chi connectivity index (χ3v) is 7.81. The Morgan fingerprint density at radius 2 is 1.53 bits per heavy atom. The summed E-state index contributed by atoms with van der Waals surface area (Å²) in [5.41, 5.74) is -3.31. The largest absolute Gasteiger partial charge is 0.417 e. The van der Waals surface area contributed by atoms with E-state index in [0.717, 1.165) is 18.2 Å². The van der Waals surface area contributed by atoms with E-state index in [4.69, 9.17) is 8.60 Å². The average Bonchev–Trinajstić information content (AvgIpc) is 2.79. The molecule has 4 aromatic rings. The summed E-state index contributed by atoms with van der Waals surface area (Å²) in [6.45, 7) is 0. The number of benzene rings is 3. The molecular formula is C22H13BrF3NO7S2. The Kier molecular flexibility index (Phi) is 6.62. The van der Waals surface area contributed by atoms with Crippen LogP contribution in [0.15, 0.2) is 96.3 Å². The van der Waals surface area contributed by atoms with Crippen LogP contribution in [0.2, 0.25) is 0 Å². The molecule has 1 heterocycles. The smallest absolute Gasteiger partial charge is 0.416 e. The van der Waals surface area contributed by atoms with Crippen molar-refractivity contribution in [3.05, 3.63) is 93.3 Å². The highest BCUT2D eigenvalue weighted by Crippen LogP contribution is 2.32. The van der Waals surface area contributed by atoms with Gasteiger partial charge in [0.2, 0.25) is 0 Å². The highest BCUT2D eigenvalue weighted by molar-refractivity contribution is 9.10. The molecule has 3 aromatic carbocycles. The van der Waals surface area contributed by atoms with Crippen LogP contribution in [0.4, 0.5) is 18.9 Å². The number of halogens is 4. The molecule has 0 saturated carbocycles. The molecule has 0 saturated heterocycles. The Labute approximate surface area is 210 Å². The minimum Gasteiger partial charge on any atom is -0.417 e. The molecule has 0 radical (unpaired) electrons. The van der Waals surface area contributed by atoms with Crippen molar-refractivity contribution in [1.82, 2.24) is 0 Å². The van der Waals surface area contributed by atoms with Crippen molar-refractivity contribution in [2.75, 3.05) is 4.72 Å². The van der Waals surface area contributed by atoms with Crippen LogP contribution in [0.1, 0.15) is 5.56 Å². The van der Waals surface area contributed by atoms with Gasteiger partial charge in [-0.25, -0.2) is 13.2 Å². The van der Waals surface area contributed by atoms with Gasteiger partial charge >= 0.3 is 21.9 Å². The summed E-state index contributed by atoms with van der Waals surface area (Å²) >= 11 is 3.16. The molecule has 36 heavy (non-hydrogen) atoms. The van der Waals surface area contributed by atoms with Gasteiger partial charge in [0.25, 0.3) is 10.0 Å². The summed E-state index contributed by atoms with van der Waals surface area (Å²) in [6.07, 6.45) is -4.78. The van der Waals surface area contributed by atoms with Crippen molar-refractivity contribution in [2.45, 2.75) is 16.0 Å². The van der Waals surface area contributed by atoms with Crippen LogP contribution < -0.4 is 14.5 Å². The first-order valence-electron chi connectivity index (χ1n) is 9.73. The van der Waals surface area contributed by atoms with E-state index in [-0.39, 0.29) is 21.6 Å². The van der Waals surface area contributed by atoms with Gasteiger partial charge in [-0.15, -0.1) is 0 Å². The minimum absolute atomic E-state index is 0.0817. The predicted molar refractivity (Wildman–Crippen MR) is 127 cm³/mol. The summed E-state index contributed by atoms with van der Waals surface area (Å²) in [4.78, 5) is 11.6. The zero-order chi connectivity index (χ0) is 26.3. The Hall–Kier alpha value is -3.36. The lowest BCUT2D eigenvalue weighted by Gasteiger charge is -2.12. The maximum absolute atomic E-state index is 13.0. The van der Waals surface area contributed by atoms with E-state index in [9.17, 15) is 34.8 Å². The average molecular weight is 604 g/mol. The number of anilines is 1. The molecular weight excluding hydrogens is 591 g/mol. The first-order valence-corrected chi connectivity index (χ1v) is 13.4. The lowest BCUT2D eigenvalue weighted by Crippen LogP contribution is -2.19. The fourth-order valence-electron chi connectivity index (χ4n) is 3.09. The molecule has 0 unspecified atom stereocenters. The quantitative estimate of drug-likeness (QED) is 0.239. The van der Waals surface area contributed by atoms with E-state index in [1.165, 1.54) is 36.4 Å². The van der Waals surface area contributed by atoms with Gasteiger partial charge in [-0.05, 0) is 48.5 Å². The lowest BCUT2D eigenvalue weighted by atomic mass is 10.2. The van der Waals surface area contributed by atoms with Crippen LogP contribution in [0.3, 0.4) is 0 Å². The maximum atomic E-state index is 13.0. The van der Waals surface area contributed by atoms with Gasteiger partial charge < -0.3 is 8.60 Å².